The molecule has 0 saturated heterocycles. The molecule has 1 aromatic rings. The van der Waals surface area contributed by atoms with Gasteiger partial charge in [0.15, 0.2) is 0 Å². The van der Waals surface area contributed by atoms with Crippen LogP contribution in [0.1, 0.15) is 37.7 Å². The summed E-state index contributed by atoms with van der Waals surface area (Å²) in [6, 6.07) is 6.06. The number of hydrogen-bond acceptors (Lipinski definition) is 2. The second kappa shape index (κ2) is 5.49. The molecule has 0 spiro atoms. The smallest absolute Gasteiger partial charge is 0.129 e. The zero-order chi connectivity index (χ0) is 13.2. The molecule has 1 aromatic carbocycles. The SMILES string of the molecule is CN(CC1CCC1)c1cccc(F)c1CNC1CC1. The van der Waals surface area contributed by atoms with Gasteiger partial charge in [-0.2, -0.15) is 0 Å². The molecule has 2 aliphatic carbocycles. The summed E-state index contributed by atoms with van der Waals surface area (Å²) >= 11 is 0. The molecule has 0 aromatic heterocycles. The van der Waals surface area contributed by atoms with Gasteiger partial charge in [0, 0.05) is 37.4 Å². The van der Waals surface area contributed by atoms with E-state index in [4.69, 9.17) is 0 Å². The first-order valence-corrected chi connectivity index (χ1v) is 7.46. The Labute approximate surface area is 115 Å². The highest BCUT2D eigenvalue weighted by Crippen LogP contribution is 2.30. The summed E-state index contributed by atoms with van der Waals surface area (Å²) in [5.74, 6) is 0.726. The third-order valence-corrected chi connectivity index (χ3v) is 4.41. The van der Waals surface area contributed by atoms with Crippen LogP contribution in [-0.2, 0) is 6.54 Å². The third kappa shape index (κ3) is 3.08. The van der Waals surface area contributed by atoms with Crippen molar-refractivity contribution < 1.29 is 4.39 Å². The second-order valence-corrected chi connectivity index (χ2v) is 6.07. The van der Waals surface area contributed by atoms with Gasteiger partial charge in [-0.25, -0.2) is 4.39 Å². The Kier molecular flexibility index (Phi) is 3.74. The highest BCUT2D eigenvalue weighted by Gasteiger charge is 2.23. The van der Waals surface area contributed by atoms with E-state index in [0.29, 0.717) is 12.6 Å². The second-order valence-electron chi connectivity index (χ2n) is 6.07. The molecule has 2 aliphatic rings. The molecular formula is C16H23FN2. The molecule has 0 aliphatic heterocycles. The van der Waals surface area contributed by atoms with Crippen molar-refractivity contribution in [3.05, 3.63) is 29.6 Å². The molecule has 1 N–H and O–H groups in total. The van der Waals surface area contributed by atoms with Crippen molar-refractivity contribution in [2.45, 2.75) is 44.7 Å². The number of rotatable bonds is 6. The monoisotopic (exact) mass is 262 g/mol. The Morgan fingerprint density at radius 1 is 1.26 bits per heavy atom. The zero-order valence-corrected chi connectivity index (χ0v) is 11.7. The zero-order valence-electron chi connectivity index (χ0n) is 11.7. The fraction of sp³-hybridized carbons (Fsp3) is 0.625. The number of nitrogens with one attached hydrogen (secondary N) is 1. The standard InChI is InChI=1S/C16H23FN2/c1-19(11-12-4-2-5-12)16-7-3-6-15(17)14(16)10-18-13-8-9-13/h3,6-7,12-13,18H,2,4-5,8-11H2,1H3. The summed E-state index contributed by atoms with van der Waals surface area (Å²) in [6.07, 6.45) is 6.49. The molecular weight excluding hydrogens is 239 g/mol. The van der Waals surface area contributed by atoms with E-state index < -0.39 is 0 Å². The molecule has 0 radical (unpaired) electrons. The van der Waals surface area contributed by atoms with E-state index in [2.05, 4.69) is 17.3 Å². The summed E-state index contributed by atoms with van der Waals surface area (Å²) < 4.78 is 14.0. The topological polar surface area (TPSA) is 15.3 Å². The van der Waals surface area contributed by atoms with Crippen LogP contribution in [0.15, 0.2) is 18.2 Å². The highest BCUT2D eigenvalue weighted by atomic mass is 19.1. The molecule has 19 heavy (non-hydrogen) atoms. The van der Waals surface area contributed by atoms with Gasteiger partial charge in [0.05, 0.1) is 0 Å². The van der Waals surface area contributed by atoms with E-state index in [9.17, 15) is 4.39 Å². The maximum absolute atomic E-state index is 14.0. The Morgan fingerprint density at radius 3 is 2.68 bits per heavy atom. The molecule has 3 heteroatoms. The summed E-state index contributed by atoms with van der Waals surface area (Å²) in [5, 5.41) is 3.42. The molecule has 0 bridgehead atoms. The fourth-order valence-corrected chi connectivity index (χ4v) is 2.77. The summed E-state index contributed by atoms with van der Waals surface area (Å²) in [7, 11) is 2.09. The Hall–Kier alpha value is -1.09. The lowest BCUT2D eigenvalue weighted by Crippen LogP contribution is -2.30. The van der Waals surface area contributed by atoms with Crippen LogP contribution in [0.3, 0.4) is 0 Å². The summed E-state index contributed by atoms with van der Waals surface area (Å²) in [6.45, 7) is 1.71. The van der Waals surface area contributed by atoms with E-state index in [1.165, 1.54) is 32.1 Å². The van der Waals surface area contributed by atoms with Gasteiger partial charge in [-0.15, -0.1) is 0 Å². The minimum Gasteiger partial charge on any atom is -0.374 e. The number of halogens is 1. The molecule has 2 fully saturated rings. The van der Waals surface area contributed by atoms with E-state index in [0.717, 1.165) is 23.7 Å². The first-order valence-electron chi connectivity index (χ1n) is 7.46. The van der Waals surface area contributed by atoms with Crippen LogP contribution < -0.4 is 10.2 Å². The van der Waals surface area contributed by atoms with E-state index >= 15 is 0 Å². The minimum absolute atomic E-state index is 0.0777. The molecule has 3 rings (SSSR count). The molecule has 104 valence electrons. The van der Waals surface area contributed by atoms with Crippen molar-refractivity contribution in [1.82, 2.24) is 5.32 Å². The maximum Gasteiger partial charge on any atom is 0.129 e. The van der Waals surface area contributed by atoms with Crippen molar-refractivity contribution in [3.8, 4) is 0 Å². The van der Waals surface area contributed by atoms with Crippen LogP contribution in [0, 0.1) is 11.7 Å². The fourth-order valence-electron chi connectivity index (χ4n) is 2.77. The Bertz CT molecular complexity index is 438. The van der Waals surface area contributed by atoms with Gasteiger partial charge in [-0.05, 0) is 43.7 Å². The van der Waals surface area contributed by atoms with Crippen molar-refractivity contribution in [2.24, 2.45) is 5.92 Å². The van der Waals surface area contributed by atoms with Crippen LogP contribution in [0.5, 0.6) is 0 Å². The summed E-state index contributed by atoms with van der Waals surface area (Å²) in [4.78, 5) is 2.23. The van der Waals surface area contributed by atoms with Crippen molar-refractivity contribution >= 4 is 5.69 Å². The van der Waals surface area contributed by atoms with Gasteiger partial charge in [0.1, 0.15) is 5.82 Å². The van der Waals surface area contributed by atoms with Gasteiger partial charge in [0.25, 0.3) is 0 Å². The van der Waals surface area contributed by atoms with Crippen molar-refractivity contribution in [3.63, 3.8) is 0 Å². The predicted octanol–water partition coefficient (Wildman–Crippen LogP) is 3.31. The minimum atomic E-state index is -0.0777. The average Bonchev–Trinajstić information content (AvgIpc) is 3.16. The average molecular weight is 262 g/mol. The number of benzene rings is 1. The number of nitrogens with zero attached hydrogens (tertiary/aromatic N) is 1. The lowest BCUT2D eigenvalue weighted by molar-refractivity contribution is 0.321. The van der Waals surface area contributed by atoms with Gasteiger partial charge < -0.3 is 10.2 Å². The summed E-state index contributed by atoms with van der Waals surface area (Å²) in [5.41, 5.74) is 1.89. The maximum atomic E-state index is 14.0. The largest absolute Gasteiger partial charge is 0.374 e. The molecule has 2 nitrogen and oxygen atoms in total. The third-order valence-electron chi connectivity index (χ3n) is 4.41. The lowest BCUT2D eigenvalue weighted by Gasteiger charge is -2.32. The highest BCUT2D eigenvalue weighted by molar-refractivity contribution is 5.53. The van der Waals surface area contributed by atoms with Gasteiger partial charge in [0.2, 0.25) is 0 Å². The number of anilines is 1. The van der Waals surface area contributed by atoms with Crippen molar-refractivity contribution in [2.75, 3.05) is 18.5 Å². The van der Waals surface area contributed by atoms with Crippen LogP contribution >= 0.6 is 0 Å². The first kappa shape index (κ1) is 12.9. The Balaban J connectivity index is 1.71. The molecule has 0 amide bonds. The normalized spacial score (nSPS) is 19.3. The van der Waals surface area contributed by atoms with E-state index in [1.54, 1.807) is 6.07 Å². The van der Waals surface area contributed by atoms with E-state index in [1.807, 2.05) is 12.1 Å². The van der Waals surface area contributed by atoms with Gasteiger partial charge >= 0.3 is 0 Å². The molecule has 0 heterocycles. The Morgan fingerprint density at radius 2 is 2.05 bits per heavy atom. The predicted molar refractivity (Wildman–Crippen MR) is 76.9 cm³/mol. The van der Waals surface area contributed by atoms with Crippen LogP contribution in [0.4, 0.5) is 10.1 Å². The van der Waals surface area contributed by atoms with Crippen LogP contribution in [0.2, 0.25) is 0 Å². The molecule has 0 unspecified atom stereocenters. The van der Waals surface area contributed by atoms with Crippen LogP contribution in [-0.4, -0.2) is 19.6 Å². The lowest BCUT2D eigenvalue weighted by atomic mass is 9.85. The number of hydrogen-bond donors (Lipinski definition) is 1. The quantitative estimate of drug-likeness (QED) is 0.846. The van der Waals surface area contributed by atoms with Gasteiger partial charge in [-0.3, -0.25) is 0 Å². The van der Waals surface area contributed by atoms with E-state index in [-0.39, 0.29) is 5.82 Å². The first-order chi connectivity index (χ1) is 9.24. The van der Waals surface area contributed by atoms with Gasteiger partial charge in [-0.1, -0.05) is 12.5 Å². The molecule has 0 atom stereocenters. The van der Waals surface area contributed by atoms with Crippen LogP contribution in [0.25, 0.3) is 0 Å². The molecule has 2 saturated carbocycles. The van der Waals surface area contributed by atoms with Crippen molar-refractivity contribution in [1.29, 1.82) is 0 Å².